The summed E-state index contributed by atoms with van der Waals surface area (Å²) in [6.45, 7) is 5.45. The molecule has 0 spiro atoms. The lowest BCUT2D eigenvalue weighted by Gasteiger charge is -2.56. The minimum absolute atomic E-state index is 0.127. The number of para-hydroxylation sites is 1. The van der Waals surface area contributed by atoms with Crippen LogP contribution in [0, 0.1) is 10.8 Å². The highest BCUT2D eigenvalue weighted by atomic mass is 16.5. The number of methoxy groups -OCH3 is 1. The maximum absolute atomic E-state index is 13.5. The second-order valence-electron chi connectivity index (χ2n) is 12.4. The Labute approximate surface area is 253 Å². The number of hydrogen-bond acceptors (Lipinski definition) is 6. The zero-order chi connectivity index (χ0) is 30.8. The molecule has 0 bridgehead atoms. The molecule has 0 aliphatic carbocycles. The average molecular weight is 586 g/mol. The van der Waals surface area contributed by atoms with Gasteiger partial charge in [-0.25, -0.2) is 0 Å². The predicted molar refractivity (Wildman–Crippen MR) is 166 cm³/mol. The van der Waals surface area contributed by atoms with Crippen LogP contribution in [0.15, 0.2) is 84.9 Å². The Hall–Kier alpha value is -3.72. The number of benzene rings is 3. The lowest BCUT2D eigenvalue weighted by atomic mass is 9.52. The number of carbonyl (C=O) groups is 2. The molecule has 5 N–H and O–H groups in total. The number of nitrogens with zero attached hydrogens (tertiary/aromatic N) is 1. The molecule has 43 heavy (non-hydrogen) atoms. The number of rotatable bonds is 9. The first-order valence-corrected chi connectivity index (χ1v) is 15.1. The lowest BCUT2D eigenvalue weighted by molar-refractivity contribution is -0.172. The molecule has 228 valence electrons. The van der Waals surface area contributed by atoms with Crippen LogP contribution in [0.3, 0.4) is 0 Å². The number of aliphatic carboxylic acids is 2. The van der Waals surface area contributed by atoms with E-state index in [0.29, 0.717) is 17.9 Å². The monoisotopic (exact) mass is 585 g/mol. The zero-order valence-electron chi connectivity index (χ0n) is 25.2. The Bertz CT molecular complexity index is 1380. The summed E-state index contributed by atoms with van der Waals surface area (Å²) in [4.78, 5) is 28.8. The highest BCUT2D eigenvalue weighted by molar-refractivity contribution is 5.84. The van der Waals surface area contributed by atoms with Gasteiger partial charge in [0.2, 0.25) is 0 Å². The van der Waals surface area contributed by atoms with E-state index < -0.39 is 40.9 Å². The summed E-state index contributed by atoms with van der Waals surface area (Å²) in [7, 11) is 1.52. The molecule has 5 atom stereocenters. The third kappa shape index (κ3) is 5.11. The first-order chi connectivity index (χ1) is 20.6. The van der Waals surface area contributed by atoms with Gasteiger partial charge in [-0.15, -0.1) is 0 Å². The summed E-state index contributed by atoms with van der Waals surface area (Å²) in [5, 5.41) is 24.8. The van der Waals surface area contributed by atoms with Crippen molar-refractivity contribution in [1.82, 2.24) is 10.2 Å². The zero-order valence-corrected chi connectivity index (χ0v) is 25.2. The SMILES string of the molecule is COc1ccccc1[C@H]1C(C)(C(=O)O)C(N)NC(C)C1(CCN1CCC(c2ccccc2)(c2ccccc2)CC1)C(=O)O. The van der Waals surface area contributed by atoms with Crippen molar-refractivity contribution < 1.29 is 24.5 Å². The quantitative estimate of drug-likeness (QED) is 0.285. The van der Waals surface area contributed by atoms with Crippen molar-refractivity contribution in [1.29, 1.82) is 0 Å². The molecule has 0 amide bonds. The molecular weight excluding hydrogens is 542 g/mol. The Morgan fingerprint density at radius 2 is 1.44 bits per heavy atom. The number of ether oxygens (including phenoxy) is 1. The van der Waals surface area contributed by atoms with Gasteiger partial charge in [0.1, 0.15) is 11.2 Å². The van der Waals surface area contributed by atoms with Gasteiger partial charge in [0, 0.05) is 17.4 Å². The van der Waals surface area contributed by atoms with Crippen molar-refractivity contribution in [3.8, 4) is 5.75 Å². The molecule has 2 aliphatic heterocycles. The Morgan fingerprint density at radius 1 is 0.907 bits per heavy atom. The largest absolute Gasteiger partial charge is 0.496 e. The predicted octanol–water partition coefficient (Wildman–Crippen LogP) is 4.69. The summed E-state index contributed by atoms with van der Waals surface area (Å²) in [6, 6.07) is 27.7. The van der Waals surface area contributed by atoms with Crippen LogP contribution in [-0.2, 0) is 15.0 Å². The van der Waals surface area contributed by atoms with E-state index in [9.17, 15) is 19.8 Å². The van der Waals surface area contributed by atoms with E-state index in [0.717, 1.165) is 25.9 Å². The van der Waals surface area contributed by atoms with Crippen LogP contribution in [0.25, 0.3) is 0 Å². The average Bonchev–Trinajstić information content (AvgIpc) is 3.03. The van der Waals surface area contributed by atoms with Crippen LogP contribution in [0.4, 0.5) is 0 Å². The van der Waals surface area contributed by atoms with Crippen LogP contribution in [0.1, 0.15) is 55.7 Å². The van der Waals surface area contributed by atoms with Gasteiger partial charge < -0.3 is 25.6 Å². The van der Waals surface area contributed by atoms with Gasteiger partial charge in [0.25, 0.3) is 0 Å². The molecule has 0 aromatic heterocycles. The molecule has 8 nitrogen and oxygen atoms in total. The Morgan fingerprint density at radius 3 is 1.95 bits per heavy atom. The van der Waals surface area contributed by atoms with E-state index in [1.807, 2.05) is 19.1 Å². The number of carboxylic acid groups (broad SMARTS) is 2. The summed E-state index contributed by atoms with van der Waals surface area (Å²) >= 11 is 0. The van der Waals surface area contributed by atoms with Crippen LogP contribution < -0.4 is 15.8 Å². The molecule has 2 fully saturated rings. The fourth-order valence-corrected chi connectivity index (χ4v) is 7.85. The van der Waals surface area contributed by atoms with Gasteiger partial charge in [-0.2, -0.15) is 0 Å². The molecule has 0 saturated carbocycles. The first kappa shape index (κ1) is 30.7. The summed E-state index contributed by atoms with van der Waals surface area (Å²) < 4.78 is 5.66. The minimum Gasteiger partial charge on any atom is -0.496 e. The highest BCUT2D eigenvalue weighted by Crippen LogP contribution is 2.58. The van der Waals surface area contributed by atoms with Crippen molar-refractivity contribution in [2.45, 2.75) is 56.7 Å². The fourth-order valence-electron chi connectivity index (χ4n) is 7.85. The summed E-state index contributed by atoms with van der Waals surface area (Å²) in [6.07, 6.45) is 1.07. The van der Waals surface area contributed by atoms with Gasteiger partial charge in [-0.05, 0) is 75.5 Å². The van der Waals surface area contributed by atoms with Gasteiger partial charge in [0.05, 0.1) is 18.7 Å². The normalized spacial score (nSPS) is 29.1. The molecule has 5 rings (SSSR count). The standard InChI is InChI=1S/C35H43N3O5/c1-24-35(32(41)42,29(27-16-10-11-17-28(27)43-3)33(2,31(39)40)30(36)37-24)20-23-38-21-18-34(19-22-38,25-12-6-4-7-13-25)26-14-8-5-9-15-26/h4-17,24,29-30,37H,18-23,36H2,1-3H3,(H,39,40)(H,41,42)/t24?,29-,30?,33?,35?/m0/s1. The van der Waals surface area contributed by atoms with E-state index in [2.05, 4.69) is 58.7 Å². The van der Waals surface area contributed by atoms with Gasteiger partial charge in [-0.1, -0.05) is 78.9 Å². The maximum atomic E-state index is 13.5. The summed E-state index contributed by atoms with van der Waals surface area (Å²) in [5.74, 6) is -2.67. The number of nitrogens with one attached hydrogen (secondary N) is 1. The molecular formula is C35H43N3O5. The first-order valence-electron chi connectivity index (χ1n) is 15.1. The van der Waals surface area contributed by atoms with Crippen molar-refractivity contribution in [2.24, 2.45) is 16.6 Å². The molecule has 0 radical (unpaired) electrons. The third-order valence-corrected chi connectivity index (χ3v) is 10.5. The van der Waals surface area contributed by atoms with Crippen LogP contribution in [0.2, 0.25) is 0 Å². The van der Waals surface area contributed by atoms with Crippen molar-refractivity contribution in [3.05, 3.63) is 102 Å². The van der Waals surface area contributed by atoms with E-state index in [4.69, 9.17) is 10.5 Å². The molecule has 2 aliphatic rings. The lowest BCUT2D eigenvalue weighted by Crippen LogP contribution is -2.72. The van der Waals surface area contributed by atoms with Crippen molar-refractivity contribution >= 4 is 11.9 Å². The van der Waals surface area contributed by atoms with Gasteiger partial charge >= 0.3 is 11.9 Å². The molecule has 2 saturated heterocycles. The van der Waals surface area contributed by atoms with Gasteiger partial charge in [-0.3, -0.25) is 14.9 Å². The van der Waals surface area contributed by atoms with Crippen molar-refractivity contribution in [3.63, 3.8) is 0 Å². The minimum atomic E-state index is -1.61. The number of likely N-dealkylation sites (tertiary alicyclic amines) is 1. The molecule has 3 aromatic rings. The fraction of sp³-hybridized carbons (Fsp3) is 0.429. The summed E-state index contributed by atoms with van der Waals surface area (Å²) in [5.41, 5.74) is 6.40. The van der Waals surface area contributed by atoms with Crippen LogP contribution in [0.5, 0.6) is 5.75 Å². The second kappa shape index (κ2) is 12.1. The Kier molecular flexibility index (Phi) is 8.65. The van der Waals surface area contributed by atoms with Crippen LogP contribution in [-0.4, -0.2) is 66.0 Å². The third-order valence-electron chi connectivity index (χ3n) is 10.5. The number of carboxylic acids is 2. The number of nitrogens with two attached hydrogens (primary N) is 1. The Balaban J connectivity index is 1.48. The van der Waals surface area contributed by atoms with E-state index in [1.165, 1.54) is 18.2 Å². The second-order valence-corrected chi connectivity index (χ2v) is 12.4. The molecule has 3 aromatic carbocycles. The molecule has 4 unspecified atom stereocenters. The maximum Gasteiger partial charge on any atom is 0.312 e. The van der Waals surface area contributed by atoms with E-state index in [1.54, 1.807) is 31.2 Å². The van der Waals surface area contributed by atoms with Crippen molar-refractivity contribution in [2.75, 3.05) is 26.7 Å². The van der Waals surface area contributed by atoms with Crippen LogP contribution >= 0.6 is 0 Å². The van der Waals surface area contributed by atoms with E-state index in [-0.39, 0.29) is 11.8 Å². The molecule has 2 heterocycles. The topological polar surface area (TPSA) is 125 Å². The number of piperidine rings is 2. The molecule has 8 heteroatoms. The smallest absolute Gasteiger partial charge is 0.312 e. The van der Waals surface area contributed by atoms with E-state index >= 15 is 0 Å². The van der Waals surface area contributed by atoms with Gasteiger partial charge in [0.15, 0.2) is 0 Å². The number of hydrogen-bond donors (Lipinski definition) is 4. The highest BCUT2D eigenvalue weighted by Gasteiger charge is 2.66.